The quantitative estimate of drug-likeness (QED) is 0.681. The van der Waals surface area contributed by atoms with Crippen molar-refractivity contribution >= 4 is 37.5 Å². The molecule has 0 fully saturated rings. The molecule has 5 heteroatoms. The summed E-state index contributed by atoms with van der Waals surface area (Å²) < 4.78 is 6.16. The lowest BCUT2D eigenvalue weighted by Gasteiger charge is -2.25. The molecular formula is C13H16Br2N2O. The maximum absolute atomic E-state index is 8.71. The van der Waals surface area contributed by atoms with E-state index in [0.717, 1.165) is 22.0 Å². The number of alkyl halides is 1. The van der Waals surface area contributed by atoms with Gasteiger partial charge in [0, 0.05) is 30.0 Å². The van der Waals surface area contributed by atoms with Crippen molar-refractivity contribution in [3.05, 3.63) is 28.2 Å². The van der Waals surface area contributed by atoms with Crippen LogP contribution in [-0.2, 0) is 10.1 Å². The van der Waals surface area contributed by atoms with Crippen molar-refractivity contribution in [2.24, 2.45) is 0 Å². The number of rotatable bonds is 7. The van der Waals surface area contributed by atoms with Crippen molar-refractivity contribution in [2.45, 2.75) is 11.8 Å². The first-order valence-electron chi connectivity index (χ1n) is 5.68. The summed E-state index contributed by atoms with van der Waals surface area (Å²) in [6.45, 7) is 2.15. The topological polar surface area (TPSA) is 36.3 Å². The third kappa shape index (κ3) is 4.60. The highest BCUT2D eigenvalue weighted by molar-refractivity contribution is 9.10. The van der Waals surface area contributed by atoms with E-state index < -0.39 is 0 Å². The van der Waals surface area contributed by atoms with Crippen LogP contribution in [0.2, 0.25) is 0 Å². The standard InChI is InChI=1S/C13H16Br2N2O/c1-18-8-7-17(6-2-5-16)13-4-3-11(10-14)9-12(13)15/h3-4,9H,2,6-8,10H2,1H3. The fraction of sp³-hybridized carbons (Fsp3) is 0.462. The highest BCUT2D eigenvalue weighted by Gasteiger charge is 2.10. The Labute approximate surface area is 125 Å². The minimum Gasteiger partial charge on any atom is -0.383 e. The second-order valence-corrected chi connectivity index (χ2v) is 5.22. The van der Waals surface area contributed by atoms with Crippen LogP contribution in [-0.4, -0.2) is 26.8 Å². The third-order valence-electron chi connectivity index (χ3n) is 2.57. The molecule has 0 aromatic heterocycles. The molecule has 0 saturated heterocycles. The molecule has 1 aromatic rings. The molecule has 0 radical (unpaired) electrons. The number of halogens is 2. The van der Waals surface area contributed by atoms with Gasteiger partial charge in [0.15, 0.2) is 0 Å². The molecule has 1 rings (SSSR count). The Morgan fingerprint density at radius 1 is 1.39 bits per heavy atom. The Hall–Kier alpha value is -0.570. The Morgan fingerprint density at radius 2 is 2.17 bits per heavy atom. The number of anilines is 1. The summed E-state index contributed by atoms with van der Waals surface area (Å²) in [5, 5.41) is 9.55. The zero-order valence-corrected chi connectivity index (χ0v) is 13.5. The highest BCUT2D eigenvalue weighted by Crippen LogP contribution is 2.28. The van der Waals surface area contributed by atoms with Gasteiger partial charge in [-0.1, -0.05) is 22.0 Å². The Bertz CT molecular complexity index is 418. The number of benzene rings is 1. The number of hydrogen-bond acceptors (Lipinski definition) is 3. The molecule has 0 unspecified atom stereocenters. The van der Waals surface area contributed by atoms with Gasteiger partial charge in [-0.15, -0.1) is 0 Å². The van der Waals surface area contributed by atoms with Crippen molar-refractivity contribution in [2.75, 3.05) is 31.7 Å². The van der Waals surface area contributed by atoms with E-state index in [1.807, 2.05) is 0 Å². The Balaban J connectivity index is 2.86. The molecule has 0 atom stereocenters. The summed E-state index contributed by atoms with van der Waals surface area (Å²) in [5.74, 6) is 0. The molecule has 0 amide bonds. The van der Waals surface area contributed by atoms with E-state index in [1.54, 1.807) is 7.11 Å². The largest absolute Gasteiger partial charge is 0.383 e. The van der Waals surface area contributed by atoms with Gasteiger partial charge in [-0.3, -0.25) is 0 Å². The van der Waals surface area contributed by atoms with Crippen LogP contribution in [0.5, 0.6) is 0 Å². The minimum absolute atomic E-state index is 0.510. The van der Waals surface area contributed by atoms with Crippen molar-refractivity contribution in [3.63, 3.8) is 0 Å². The Morgan fingerprint density at radius 3 is 2.72 bits per heavy atom. The molecule has 18 heavy (non-hydrogen) atoms. The fourth-order valence-corrected chi connectivity index (χ4v) is 2.65. The number of nitrogens with zero attached hydrogens (tertiary/aromatic N) is 2. The van der Waals surface area contributed by atoms with E-state index in [2.05, 4.69) is 61.0 Å². The first kappa shape index (κ1) is 15.5. The number of nitriles is 1. The second kappa shape index (κ2) is 8.52. The van der Waals surface area contributed by atoms with E-state index in [1.165, 1.54) is 5.56 Å². The van der Waals surface area contributed by atoms with Crippen LogP contribution in [0.4, 0.5) is 5.69 Å². The van der Waals surface area contributed by atoms with Gasteiger partial charge in [-0.25, -0.2) is 0 Å². The molecule has 0 aliphatic rings. The van der Waals surface area contributed by atoms with Gasteiger partial charge in [0.2, 0.25) is 0 Å². The van der Waals surface area contributed by atoms with Crippen molar-refractivity contribution in [1.82, 2.24) is 0 Å². The maximum atomic E-state index is 8.71. The molecule has 1 aromatic carbocycles. The fourth-order valence-electron chi connectivity index (χ4n) is 1.63. The second-order valence-electron chi connectivity index (χ2n) is 3.81. The predicted molar refractivity (Wildman–Crippen MR) is 81.1 cm³/mol. The van der Waals surface area contributed by atoms with E-state index in [-0.39, 0.29) is 0 Å². The number of ether oxygens (including phenoxy) is 1. The normalized spacial score (nSPS) is 10.1. The van der Waals surface area contributed by atoms with Crippen molar-refractivity contribution < 1.29 is 4.74 Å². The number of hydrogen-bond donors (Lipinski definition) is 0. The van der Waals surface area contributed by atoms with Gasteiger partial charge in [0.05, 0.1) is 24.8 Å². The van der Waals surface area contributed by atoms with Crippen LogP contribution >= 0.6 is 31.9 Å². The average molecular weight is 376 g/mol. The maximum Gasteiger partial charge on any atom is 0.0640 e. The smallest absolute Gasteiger partial charge is 0.0640 e. The molecule has 0 bridgehead atoms. The molecule has 98 valence electrons. The van der Waals surface area contributed by atoms with Crippen LogP contribution in [0.3, 0.4) is 0 Å². The molecule has 0 aliphatic heterocycles. The first-order chi connectivity index (χ1) is 8.72. The minimum atomic E-state index is 0.510. The third-order valence-corrected chi connectivity index (χ3v) is 3.85. The zero-order valence-electron chi connectivity index (χ0n) is 10.3. The highest BCUT2D eigenvalue weighted by atomic mass is 79.9. The summed E-state index contributed by atoms with van der Waals surface area (Å²) in [5.41, 5.74) is 2.32. The van der Waals surface area contributed by atoms with E-state index in [0.29, 0.717) is 19.6 Å². The Kier molecular flexibility index (Phi) is 7.33. The van der Waals surface area contributed by atoms with Gasteiger partial charge in [0.1, 0.15) is 0 Å². The van der Waals surface area contributed by atoms with Crippen LogP contribution < -0.4 is 4.90 Å². The van der Waals surface area contributed by atoms with Crippen molar-refractivity contribution in [3.8, 4) is 6.07 Å². The van der Waals surface area contributed by atoms with Gasteiger partial charge in [-0.05, 0) is 33.6 Å². The summed E-state index contributed by atoms with van der Waals surface area (Å²) in [4.78, 5) is 2.16. The van der Waals surface area contributed by atoms with Crippen LogP contribution in [0.1, 0.15) is 12.0 Å². The molecule has 0 N–H and O–H groups in total. The molecule has 0 spiro atoms. The molecule has 0 heterocycles. The van der Waals surface area contributed by atoms with Gasteiger partial charge < -0.3 is 9.64 Å². The van der Waals surface area contributed by atoms with Crippen LogP contribution in [0, 0.1) is 11.3 Å². The lowest BCUT2D eigenvalue weighted by atomic mass is 10.2. The number of methoxy groups -OCH3 is 1. The summed E-state index contributed by atoms with van der Waals surface area (Å²) in [6, 6.07) is 8.44. The van der Waals surface area contributed by atoms with E-state index in [4.69, 9.17) is 10.00 Å². The summed E-state index contributed by atoms with van der Waals surface area (Å²) >= 11 is 7.03. The molecule has 0 aliphatic carbocycles. The lowest BCUT2D eigenvalue weighted by molar-refractivity contribution is 0.205. The summed E-state index contributed by atoms with van der Waals surface area (Å²) in [7, 11) is 1.69. The monoisotopic (exact) mass is 374 g/mol. The summed E-state index contributed by atoms with van der Waals surface area (Å²) in [6.07, 6.45) is 0.510. The SMILES string of the molecule is COCCN(CCC#N)c1ccc(CBr)cc1Br. The lowest BCUT2D eigenvalue weighted by Crippen LogP contribution is -2.28. The molecular weight excluding hydrogens is 360 g/mol. The molecule has 3 nitrogen and oxygen atoms in total. The van der Waals surface area contributed by atoms with E-state index >= 15 is 0 Å². The first-order valence-corrected chi connectivity index (χ1v) is 7.59. The average Bonchev–Trinajstić information content (AvgIpc) is 2.39. The van der Waals surface area contributed by atoms with Gasteiger partial charge >= 0.3 is 0 Å². The van der Waals surface area contributed by atoms with Crippen LogP contribution in [0.25, 0.3) is 0 Å². The zero-order chi connectivity index (χ0) is 13.4. The van der Waals surface area contributed by atoms with E-state index in [9.17, 15) is 0 Å². The molecule has 0 saturated carbocycles. The van der Waals surface area contributed by atoms with Gasteiger partial charge in [0.25, 0.3) is 0 Å². The predicted octanol–water partition coefficient (Wildman–Crippen LogP) is 3.71. The van der Waals surface area contributed by atoms with Gasteiger partial charge in [-0.2, -0.15) is 5.26 Å². The van der Waals surface area contributed by atoms with Crippen molar-refractivity contribution in [1.29, 1.82) is 5.26 Å². The van der Waals surface area contributed by atoms with Crippen LogP contribution in [0.15, 0.2) is 22.7 Å².